The van der Waals surface area contributed by atoms with Crippen LogP contribution in [0, 0.1) is 17.0 Å². The Bertz CT molecular complexity index is 514. The van der Waals surface area contributed by atoms with Crippen molar-refractivity contribution in [1.29, 1.82) is 0 Å². The topological polar surface area (TPSA) is 61.4 Å². The van der Waals surface area contributed by atoms with E-state index >= 15 is 0 Å². The largest absolute Gasteiger partial charge is 0.478 e. The Labute approximate surface area is 116 Å². The molecule has 0 amide bonds. The van der Waals surface area contributed by atoms with E-state index < -0.39 is 23.2 Å². The van der Waals surface area contributed by atoms with Gasteiger partial charge in [0.25, 0.3) is 0 Å². The van der Waals surface area contributed by atoms with Crippen LogP contribution in [0.3, 0.4) is 0 Å². The minimum atomic E-state index is -1.48. The predicted octanol–water partition coefficient (Wildman–Crippen LogP) is 2.46. The number of benzene rings is 1. The zero-order valence-electron chi connectivity index (χ0n) is 11.3. The molecule has 0 aliphatic carbocycles. The molecule has 0 aromatic heterocycles. The maximum absolute atomic E-state index is 13.8. The minimum Gasteiger partial charge on any atom is -0.478 e. The second-order valence-electron chi connectivity index (χ2n) is 5.54. The number of piperidine rings is 1. The average molecular weight is 284 g/mol. The Hall–Kier alpha value is -1.69. The van der Waals surface area contributed by atoms with Gasteiger partial charge in [-0.3, -0.25) is 0 Å². The van der Waals surface area contributed by atoms with Gasteiger partial charge in [-0.05, 0) is 36.9 Å². The normalized spacial score (nSPS) is 22.6. The number of rotatable bonds is 4. The number of anilines is 1. The molecule has 110 valence electrons. The molecule has 1 aromatic rings. The summed E-state index contributed by atoms with van der Waals surface area (Å²) in [5.41, 5.74) is -0.676. The number of halogens is 2. The molecule has 1 fully saturated rings. The standard InChI is InChI=1S/C14H18F2N2O2/c1-14(5-2-6-17-7-14)8-18-10-4-3-9(13(19)20)11(15)12(10)16/h3-4,17-18H,2,5-8H2,1H3,(H,19,20). The number of aromatic carboxylic acids is 1. The third-order valence-electron chi connectivity index (χ3n) is 3.70. The van der Waals surface area contributed by atoms with E-state index in [4.69, 9.17) is 5.11 Å². The number of nitrogens with one attached hydrogen (secondary N) is 2. The zero-order chi connectivity index (χ0) is 14.8. The molecule has 1 aliphatic heterocycles. The van der Waals surface area contributed by atoms with Crippen molar-refractivity contribution in [3.05, 3.63) is 29.3 Å². The van der Waals surface area contributed by atoms with E-state index in [0.717, 1.165) is 32.0 Å². The summed E-state index contributed by atoms with van der Waals surface area (Å²) in [5.74, 6) is -3.94. The van der Waals surface area contributed by atoms with Crippen LogP contribution in [0.2, 0.25) is 0 Å². The Kier molecular flexibility index (Phi) is 4.23. The van der Waals surface area contributed by atoms with Crippen molar-refractivity contribution in [2.45, 2.75) is 19.8 Å². The SMILES string of the molecule is CC1(CNc2ccc(C(=O)O)c(F)c2F)CCCNC1. The first-order chi connectivity index (χ1) is 9.43. The molecule has 2 rings (SSSR count). The highest BCUT2D eigenvalue weighted by atomic mass is 19.2. The summed E-state index contributed by atoms with van der Waals surface area (Å²) in [5, 5.41) is 14.9. The lowest BCUT2D eigenvalue weighted by Gasteiger charge is -2.34. The van der Waals surface area contributed by atoms with Crippen LogP contribution >= 0.6 is 0 Å². The molecular formula is C14H18F2N2O2. The molecule has 0 spiro atoms. The van der Waals surface area contributed by atoms with Crippen molar-refractivity contribution in [3.8, 4) is 0 Å². The van der Waals surface area contributed by atoms with Gasteiger partial charge in [0, 0.05) is 13.1 Å². The van der Waals surface area contributed by atoms with E-state index in [2.05, 4.69) is 17.6 Å². The highest BCUT2D eigenvalue weighted by Gasteiger charge is 2.27. The first-order valence-corrected chi connectivity index (χ1v) is 6.59. The van der Waals surface area contributed by atoms with Crippen LogP contribution in [-0.4, -0.2) is 30.7 Å². The molecule has 0 bridgehead atoms. The molecule has 1 unspecified atom stereocenters. The summed E-state index contributed by atoms with van der Waals surface area (Å²) in [4.78, 5) is 10.7. The van der Waals surface area contributed by atoms with Crippen LogP contribution in [-0.2, 0) is 0 Å². The molecule has 6 heteroatoms. The van der Waals surface area contributed by atoms with Crippen LogP contribution in [0.25, 0.3) is 0 Å². The summed E-state index contributed by atoms with van der Waals surface area (Å²) >= 11 is 0. The van der Waals surface area contributed by atoms with Gasteiger partial charge >= 0.3 is 5.97 Å². The van der Waals surface area contributed by atoms with Gasteiger partial charge in [-0.1, -0.05) is 6.92 Å². The van der Waals surface area contributed by atoms with Crippen molar-refractivity contribution < 1.29 is 18.7 Å². The fraction of sp³-hybridized carbons (Fsp3) is 0.500. The van der Waals surface area contributed by atoms with Crippen LogP contribution in [0.15, 0.2) is 12.1 Å². The van der Waals surface area contributed by atoms with Crippen LogP contribution in [0.1, 0.15) is 30.1 Å². The van der Waals surface area contributed by atoms with Crippen molar-refractivity contribution >= 4 is 11.7 Å². The minimum absolute atomic E-state index is 0.000650. The molecule has 1 heterocycles. The second-order valence-corrected chi connectivity index (χ2v) is 5.54. The van der Waals surface area contributed by atoms with Gasteiger partial charge in [-0.15, -0.1) is 0 Å². The van der Waals surface area contributed by atoms with Crippen molar-refractivity contribution in [3.63, 3.8) is 0 Å². The lowest BCUT2D eigenvalue weighted by atomic mass is 9.83. The summed E-state index contributed by atoms with van der Waals surface area (Å²) in [6.07, 6.45) is 2.05. The number of carbonyl (C=O) groups is 1. The summed E-state index contributed by atoms with van der Waals surface area (Å²) in [6.45, 7) is 4.37. The summed E-state index contributed by atoms with van der Waals surface area (Å²) < 4.78 is 27.4. The predicted molar refractivity (Wildman–Crippen MR) is 72.0 cm³/mol. The molecule has 1 aromatic carbocycles. The zero-order valence-corrected chi connectivity index (χ0v) is 11.3. The lowest BCUT2D eigenvalue weighted by molar-refractivity contribution is 0.0690. The number of hydrogen-bond donors (Lipinski definition) is 3. The number of carboxylic acids is 1. The molecule has 20 heavy (non-hydrogen) atoms. The molecule has 1 saturated heterocycles. The van der Waals surface area contributed by atoms with Crippen LogP contribution in [0.5, 0.6) is 0 Å². The quantitative estimate of drug-likeness (QED) is 0.795. The average Bonchev–Trinajstić information content (AvgIpc) is 2.41. The van der Waals surface area contributed by atoms with Gasteiger partial charge in [-0.25, -0.2) is 13.6 Å². The van der Waals surface area contributed by atoms with Crippen LogP contribution < -0.4 is 10.6 Å². The number of carboxylic acid groups (broad SMARTS) is 1. The second kappa shape index (κ2) is 5.75. The van der Waals surface area contributed by atoms with E-state index in [1.165, 1.54) is 6.07 Å². The highest BCUT2D eigenvalue weighted by Crippen LogP contribution is 2.27. The molecule has 3 N–H and O–H groups in total. The van der Waals surface area contributed by atoms with Gasteiger partial charge in [0.15, 0.2) is 11.6 Å². The third kappa shape index (κ3) is 3.07. The maximum atomic E-state index is 13.8. The van der Waals surface area contributed by atoms with E-state index in [1.807, 2.05) is 0 Å². The molecule has 0 saturated carbocycles. The Morgan fingerprint density at radius 1 is 1.45 bits per heavy atom. The van der Waals surface area contributed by atoms with Gasteiger partial charge in [0.2, 0.25) is 0 Å². The van der Waals surface area contributed by atoms with Crippen molar-refractivity contribution in [1.82, 2.24) is 5.32 Å². The molecule has 0 radical (unpaired) electrons. The summed E-state index contributed by atoms with van der Waals surface area (Å²) in [6, 6.07) is 2.34. The highest BCUT2D eigenvalue weighted by molar-refractivity contribution is 5.88. The Balaban J connectivity index is 2.10. The third-order valence-corrected chi connectivity index (χ3v) is 3.70. The van der Waals surface area contributed by atoms with Gasteiger partial charge < -0.3 is 15.7 Å². The molecule has 1 aliphatic rings. The van der Waals surface area contributed by atoms with Gasteiger partial charge in [-0.2, -0.15) is 0 Å². The van der Waals surface area contributed by atoms with Gasteiger partial charge in [0.1, 0.15) is 0 Å². The molecular weight excluding hydrogens is 266 g/mol. The van der Waals surface area contributed by atoms with Crippen molar-refractivity contribution in [2.75, 3.05) is 25.0 Å². The van der Waals surface area contributed by atoms with Crippen molar-refractivity contribution in [2.24, 2.45) is 5.41 Å². The lowest BCUT2D eigenvalue weighted by Crippen LogP contribution is -2.42. The van der Waals surface area contributed by atoms with Gasteiger partial charge in [0.05, 0.1) is 11.3 Å². The Morgan fingerprint density at radius 2 is 2.20 bits per heavy atom. The first kappa shape index (κ1) is 14.7. The number of hydrogen-bond acceptors (Lipinski definition) is 3. The monoisotopic (exact) mass is 284 g/mol. The van der Waals surface area contributed by atoms with E-state index in [9.17, 15) is 13.6 Å². The van der Waals surface area contributed by atoms with Crippen LogP contribution in [0.4, 0.5) is 14.5 Å². The maximum Gasteiger partial charge on any atom is 0.338 e. The molecule has 4 nitrogen and oxygen atoms in total. The van der Waals surface area contributed by atoms with E-state index in [-0.39, 0.29) is 11.1 Å². The summed E-state index contributed by atoms with van der Waals surface area (Å²) in [7, 11) is 0. The first-order valence-electron chi connectivity index (χ1n) is 6.59. The molecule has 1 atom stereocenters. The Morgan fingerprint density at radius 3 is 2.80 bits per heavy atom. The fourth-order valence-corrected chi connectivity index (χ4v) is 2.43. The van der Waals surface area contributed by atoms with E-state index in [1.54, 1.807) is 0 Å². The smallest absolute Gasteiger partial charge is 0.338 e. The fourth-order valence-electron chi connectivity index (χ4n) is 2.43. The van der Waals surface area contributed by atoms with E-state index in [0.29, 0.717) is 6.54 Å².